The highest BCUT2D eigenvalue weighted by Gasteiger charge is 2.09. The lowest BCUT2D eigenvalue weighted by Gasteiger charge is -2.06. The molecule has 2 heterocycles. The fourth-order valence-electron chi connectivity index (χ4n) is 2.31. The van der Waals surface area contributed by atoms with Crippen LogP contribution in [-0.2, 0) is 6.54 Å². The zero-order valence-electron chi connectivity index (χ0n) is 11.1. The molecule has 0 radical (unpaired) electrons. The predicted molar refractivity (Wildman–Crippen MR) is 85.5 cm³/mol. The summed E-state index contributed by atoms with van der Waals surface area (Å²) in [5, 5.41) is 12.9. The van der Waals surface area contributed by atoms with E-state index in [2.05, 4.69) is 30.6 Å². The van der Waals surface area contributed by atoms with Crippen molar-refractivity contribution < 1.29 is 5.21 Å². The number of hydrogen-bond donors (Lipinski definition) is 2. The molecule has 0 unspecified atom stereocenters. The van der Waals surface area contributed by atoms with Crippen molar-refractivity contribution in [3.05, 3.63) is 64.5 Å². The molecule has 0 aliphatic rings. The van der Waals surface area contributed by atoms with Gasteiger partial charge in [-0.25, -0.2) is 0 Å². The van der Waals surface area contributed by atoms with Crippen molar-refractivity contribution in [2.75, 3.05) is 0 Å². The van der Waals surface area contributed by atoms with Gasteiger partial charge < -0.3 is 15.5 Å². The fraction of sp³-hybridized carbons (Fsp3) is 0.0667. The molecule has 106 valence electrons. The number of fused-ring (bicyclic) bond motifs is 1. The van der Waals surface area contributed by atoms with Crippen LogP contribution in [0.25, 0.3) is 10.9 Å². The van der Waals surface area contributed by atoms with Crippen LogP contribution in [-0.4, -0.2) is 20.6 Å². The molecule has 0 fully saturated rings. The van der Waals surface area contributed by atoms with Crippen molar-refractivity contribution in [2.45, 2.75) is 6.54 Å². The standard InChI is InChI=1S/C15H13BrN4O/c16-10-4-5-11(18-8-10)9-20-7-6-12-13(15(17)19-21)2-1-3-14(12)20/h1-8,21H,9H2,(H2,17,19). The van der Waals surface area contributed by atoms with E-state index in [0.717, 1.165) is 26.6 Å². The Hall–Kier alpha value is -2.34. The third kappa shape index (κ3) is 2.62. The molecule has 0 atom stereocenters. The molecule has 3 N–H and O–H groups in total. The SMILES string of the molecule is N/C(=N/O)c1cccc2c1ccn2Cc1ccc(Br)cn1. The van der Waals surface area contributed by atoms with Gasteiger partial charge in [0.15, 0.2) is 5.84 Å². The number of oxime groups is 1. The maximum absolute atomic E-state index is 8.86. The smallest absolute Gasteiger partial charge is 0.170 e. The highest BCUT2D eigenvalue weighted by Crippen LogP contribution is 2.21. The Kier molecular flexibility index (Phi) is 3.62. The van der Waals surface area contributed by atoms with Gasteiger partial charge in [-0.1, -0.05) is 17.3 Å². The minimum absolute atomic E-state index is 0.111. The third-order valence-corrected chi connectivity index (χ3v) is 3.79. The lowest BCUT2D eigenvalue weighted by molar-refractivity contribution is 0.318. The van der Waals surface area contributed by atoms with Gasteiger partial charge in [0.1, 0.15) is 0 Å². The lowest BCUT2D eigenvalue weighted by atomic mass is 10.1. The second-order valence-electron chi connectivity index (χ2n) is 4.64. The lowest BCUT2D eigenvalue weighted by Crippen LogP contribution is -2.13. The van der Waals surface area contributed by atoms with Crippen molar-refractivity contribution in [3.8, 4) is 0 Å². The minimum atomic E-state index is 0.111. The molecule has 3 rings (SSSR count). The van der Waals surface area contributed by atoms with E-state index in [1.54, 1.807) is 6.20 Å². The first kappa shape index (κ1) is 13.6. The van der Waals surface area contributed by atoms with Crippen LogP contribution in [0.5, 0.6) is 0 Å². The van der Waals surface area contributed by atoms with Crippen LogP contribution >= 0.6 is 15.9 Å². The summed E-state index contributed by atoms with van der Waals surface area (Å²) in [7, 11) is 0. The number of hydrogen-bond acceptors (Lipinski definition) is 3. The van der Waals surface area contributed by atoms with Gasteiger partial charge in [-0.05, 0) is 40.2 Å². The Balaban J connectivity index is 2.03. The van der Waals surface area contributed by atoms with Crippen LogP contribution < -0.4 is 5.73 Å². The van der Waals surface area contributed by atoms with E-state index in [1.807, 2.05) is 42.6 Å². The van der Waals surface area contributed by atoms with Crippen LogP contribution in [0.2, 0.25) is 0 Å². The van der Waals surface area contributed by atoms with E-state index in [9.17, 15) is 0 Å². The first-order chi connectivity index (χ1) is 10.2. The second-order valence-corrected chi connectivity index (χ2v) is 5.55. The molecule has 6 heteroatoms. The molecule has 5 nitrogen and oxygen atoms in total. The number of pyridine rings is 1. The molecule has 0 amide bonds. The van der Waals surface area contributed by atoms with E-state index >= 15 is 0 Å². The number of benzene rings is 1. The summed E-state index contributed by atoms with van der Waals surface area (Å²) in [5.74, 6) is 0.111. The van der Waals surface area contributed by atoms with Gasteiger partial charge in [0, 0.05) is 33.3 Å². The van der Waals surface area contributed by atoms with Gasteiger partial charge in [0.25, 0.3) is 0 Å². The van der Waals surface area contributed by atoms with Gasteiger partial charge in [0.05, 0.1) is 12.2 Å². The largest absolute Gasteiger partial charge is 0.409 e. The van der Waals surface area contributed by atoms with Gasteiger partial charge in [0.2, 0.25) is 0 Å². The number of nitrogens with zero attached hydrogens (tertiary/aromatic N) is 3. The fourth-order valence-corrected chi connectivity index (χ4v) is 2.55. The first-order valence-electron chi connectivity index (χ1n) is 6.35. The van der Waals surface area contributed by atoms with Gasteiger partial charge >= 0.3 is 0 Å². The summed E-state index contributed by atoms with van der Waals surface area (Å²) in [4.78, 5) is 4.38. The van der Waals surface area contributed by atoms with Crippen molar-refractivity contribution in [2.24, 2.45) is 10.9 Å². The summed E-state index contributed by atoms with van der Waals surface area (Å²) in [5.41, 5.74) is 8.41. The zero-order valence-corrected chi connectivity index (χ0v) is 12.7. The Morgan fingerprint density at radius 2 is 2.14 bits per heavy atom. The molecule has 3 aromatic rings. The Morgan fingerprint density at radius 3 is 2.86 bits per heavy atom. The third-order valence-electron chi connectivity index (χ3n) is 3.32. The Morgan fingerprint density at radius 1 is 1.29 bits per heavy atom. The van der Waals surface area contributed by atoms with E-state index in [4.69, 9.17) is 10.9 Å². The molecule has 21 heavy (non-hydrogen) atoms. The number of nitrogens with two attached hydrogens (primary N) is 1. The van der Waals surface area contributed by atoms with Gasteiger partial charge in [-0.3, -0.25) is 4.98 Å². The van der Waals surface area contributed by atoms with Crippen LogP contribution in [0.15, 0.2) is 58.4 Å². The summed E-state index contributed by atoms with van der Waals surface area (Å²) >= 11 is 3.38. The van der Waals surface area contributed by atoms with Crippen molar-refractivity contribution in [1.82, 2.24) is 9.55 Å². The number of rotatable bonds is 3. The molecule has 0 aliphatic carbocycles. The minimum Gasteiger partial charge on any atom is -0.409 e. The normalized spacial score (nSPS) is 12.0. The van der Waals surface area contributed by atoms with Crippen LogP contribution in [0.3, 0.4) is 0 Å². The quantitative estimate of drug-likeness (QED) is 0.332. The molecule has 0 saturated carbocycles. The highest BCUT2D eigenvalue weighted by molar-refractivity contribution is 9.10. The summed E-state index contributed by atoms with van der Waals surface area (Å²) in [6, 6.07) is 11.6. The number of aromatic nitrogens is 2. The van der Waals surface area contributed by atoms with E-state index in [-0.39, 0.29) is 5.84 Å². The van der Waals surface area contributed by atoms with Crippen molar-refractivity contribution in [1.29, 1.82) is 0 Å². The van der Waals surface area contributed by atoms with Crippen LogP contribution in [0.4, 0.5) is 0 Å². The summed E-state index contributed by atoms with van der Waals surface area (Å²) in [6.45, 7) is 0.663. The average molecular weight is 345 g/mol. The highest BCUT2D eigenvalue weighted by atomic mass is 79.9. The first-order valence-corrected chi connectivity index (χ1v) is 7.14. The molecule has 0 aliphatic heterocycles. The predicted octanol–water partition coefficient (Wildman–Crippen LogP) is 2.94. The average Bonchev–Trinajstić information content (AvgIpc) is 2.92. The van der Waals surface area contributed by atoms with Crippen molar-refractivity contribution in [3.63, 3.8) is 0 Å². The summed E-state index contributed by atoms with van der Waals surface area (Å²) < 4.78 is 3.04. The Bertz CT molecular complexity index is 808. The molecule has 2 aromatic heterocycles. The maximum atomic E-state index is 8.86. The van der Waals surface area contributed by atoms with Crippen molar-refractivity contribution >= 4 is 32.7 Å². The molecule has 0 spiro atoms. The molecular weight excluding hydrogens is 332 g/mol. The topological polar surface area (TPSA) is 76.4 Å². The molecule has 0 saturated heterocycles. The van der Waals surface area contributed by atoms with Crippen LogP contribution in [0.1, 0.15) is 11.3 Å². The van der Waals surface area contributed by atoms with E-state index < -0.39 is 0 Å². The van der Waals surface area contributed by atoms with Gasteiger partial charge in [-0.2, -0.15) is 0 Å². The summed E-state index contributed by atoms with van der Waals surface area (Å²) in [6.07, 6.45) is 3.76. The zero-order chi connectivity index (χ0) is 14.8. The molecule has 1 aromatic carbocycles. The molecular formula is C15H13BrN4O. The second kappa shape index (κ2) is 5.57. The van der Waals surface area contributed by atoms with E-state index in [0.29, 0.717) is 6.54 Å². The van der Waals surface area contributed by atoms with Gasteiger partial charge in [-0.15, -0.1) is 0 Å². The number of amidine groups is 1. The molecule has 0 bridgehead atoms. The van der Waals surface area contributed by atoms with E-state index in [1.165, 1.54) is 0 Å². The number of halogens is 1. The maximum Gasteiger partial charge on any atom is 0.170 e. The van der Waals surface area contributed by atoms with Crippen LogP contribution in [0, 0.1) is 0 Å². The monoisotopic (exact) mass is 344 g/mol. The Labute approximate surface area is 129 Å².